The maximum absolute atomic E-state index is 9.50. The fourth-order valence-electron chi connectivity index (χ4n) is 0. The molecule has 34 valence electrons. The number of halogens is 1. The molecule has 0 heterocycles. The Morgan fingerprint density at radius 3 is 1.20 bits per heavy atom. The van der Waals surface area contributed by atoms with Crippen LogP contribution in [0.15, 0.2) is 0 Å². The second-order valence-corrected chi connectivity index (χ2v) is 0.408. The standard InChI is InChI=1S/C2H6O.CH3F/c1-3-2;1-2/h1-2H3;1H3. The van der Waals surface area contributed by atoms with E-state index >= 15 is 0 Å². The number of ether oxygens (including phenoxy) is 1. The van der Waals surface area contributed by atoms with Crippen LogP contribution in [0.3, 0.4) is 0 Å². The van der Waals surface area contributed by atoms with Crippen molar-refractivity contribution in [1.29, 1.82) is 0 Å². The summed E-state index contributed by atoms with van der Waals surface area (Å²) in [6.45, 7) is 0. The number of alkyl halides is 1. The largest absolute Gasteiger partial charge is 0.388 e. The van der Waals surface area contributed by atoms with Gasteiger partial charge in [-0.1, -0.05) is 0 Å². The molecule has 0 bridgehead atoms. The Morgan fingerprint density at radius 2 is 1.20 bits per heavy atom. The van der Waals surface area contributed by atoms with Crippen molar-refractivity contribution in [1.82, 2.24) is 0 Å². The highest BCUT2D eigenvalue weighted by atomic mass is 19.1. The molecule has 0 aliphatic carbocycles. The van der Waals surface area contributed by atoms with Crippen LogP contribution in [0.5, 0.6) is 0 Å². The van der Waals surface area contributed by atoms with Gasteiger partial charge in [0.2, 0.25) is 0 Å². The molecule has 0 saturated carbocycles. The molecule has 0 atom stereocenters. The summed E-state index contributed by atoms with van der Waals surface area (Å²) in [5, 5.41) is 0. The monoisotopic (exact) mass is 80.1 g/mol. The van der Waals surface area contributed by atoms with Gasteiger partial charge >= 0.3 is 0 Å². The van der Waals surface area contributed by atoms with E-state index < -0.39 is 0 Å². The number of hydrogen-bond acceptors (Lipinski definition) is 1. The van der Waals surface area contributed by atoms with Crippen LogP contribution < -0.4 is 0 Å². The predicted molar refractivity (Wildman–Crippen MR) is 20.0 cm³/mol. The summed E-state index contributed by atoms with van der Waals surface area (Å²) >= 11 is 0. The van der Waals surface area contributed by atoms with Gasteiger partial charge < -0.3 is 4.74 Å². The first-order valence-corrected chi connectivity index (χ1v) is 1.19. The van der Waals surface area contributed by atoms with E-state index in [1.54, 1.807) is 14.2 Å². The van der Waals surface area contributed by atoms with Crippen molar-refractivity contribution < 1.29 is 9.13 Å². The van der Waals surface area contributed by atoms with Crippen LogP contribution in [0.2, 0.25) is 0 Å². The third-order valence-corrected chi connectivity index (χ3v) is 0. The van der Waals surface area contributed by atoms with E-state index in [1.165, 1.54) is 0 Å². The molecule has 0 unspecified atom stereocenters. The second-order valence-electron chi connectivity index (χ2n) is 0.408. The summed E-state index contributed by atoms with van der Waals surface area (Å²) in [5.41, 5.74) is 0. The van der Waals surface area contributed by atoms with Crippen molar-refractivity contribution in [2.75, 3.05) is 21.4 Å². The van der Waals surface area contributed by atoms with Crippen LogP contribution in [0.25, 0.3) is 0 Å². The molecule has 2 heteroatoms. The Bertz CT molecular complexity index is 6.85. The molecule has 1 nitrogen and oxygen atoms in total. The van der Waals surface area contributed by atoms with Gasteiger partial charge in [0.1, 0.15) is 0 Å². The summed E-state index contributed by atoms with van der Waals surface area (Å²) in [7, 11) is 3.75. The molecule has 0 aliphatic heterocycles. The molecule has 0 radical (unpaired) electrons. The summed E-state index contributed by atoms with van der Waals surface area (Å²) in [5.74, 6) is 0. The first kappa shape index (κ1) is 8.86. The molecular weight excluding hydrogens is 71.0 g/mol. The second kappa shape index (κ2) is 41.0. The normalized spacial score (nSPS) is 4.80. The first-order chi connectivity index (χ1) is 2.41. The highest BCUT2D eigenvalue weighted by Crippen LogP contribution is 1.28. The Morgan fingerprint density at radius 1 is 1.20 bits per heavy atom. The van der Waals surface area contributed by atoms with Crippen LogP contribution in [0, 0.1) is 0 Å². The van der Waals surface area contributed by atoms with E-state index in [2.05, 4.69) is 4.74 Å². The maximum Gasteiger partial charge on any atom is 0.0785 e. The molecule has 0 aliphatic rings. The third kappa shape index (κ3) is 1150. The molecular formula is C3H9FO. The molecule has 0 rings (SSSR count). The van der Waals surface area contributed by atoms with Crippen molar-refractivity contribution in [2.45, 2.75) is 0 Å². The van der Waals surface area contributed by atoms with E-state index in [0.29, 0.717) is 7.18 Å². The van der Waals surface area contributed by atoms with Gasteiger partial charge in [0.05, 0.1) is 7.18 Å². The smallest absolute Gasteiger partial charge is 0.0785 e. The van der Waals surface area contributed by atoms with Crippen molar-refractivity contribution in [2.24, 2.45) is 0 Å². The summed E-state index contributed by atoms with van der Waals surface area (Å²) < 4.78 is 13.8. The van der Waals surface area contributed by atoms with Gasteiger partial charge in [-0.2, -0.15) is 0 Å². The SMILES string of the molecule is CF.COC. The molecule has 5 heavy (non-hydrogen) atoms. The lowest BCUT2D eigenvalue weighted by Gasteiger charge is -1.61. The zero-order chi connectivity index (χ0) is 4.71. The minimum absolute atomic E-state index is 0.500. The molecule has 0 aromatic heterocycles. The lowest BCUT2D eigenvalue weighted by molar-refractivity contribution is 0.277. The van der Waals surface area contributed by atoms with Crippen molar-refractivity contribution in [3.05, 3.63) is 0 Å². The Kier molecular flexibility index (Phi) is 72.7. The highest BCUT2D eigenvalue weighted by molar-refractivity contribution is 3.56. The van der Waals surface area contributed by atoms with Crippen molar-refractivity contribution in [3.63, 3.8) is 0 Å². The average molecular weight is 80.1 g/mol. The molecule has 0 fully saturated rings. The molecule has 0 N–H and O–H groups in total. The zero-order valence-corrected chi connectivity index (χ0v) is 3.79. The summed E-state index contributed by atoms with van der Waals surface area (Å²) in [4.78, 5) is 0. The van der Waals surface area contributed by atoms with Crippen molar-refractivity contribution in [3.8, 4) is 0 Å². The lowest BCUT2D eigenvalue weighted by atomic mass is 11.6. The number of rotatable bonds is 0. The van der Waals surface area contributed by atoms with Gasteiger partial charge in [0.25, 0.3) is 0 Å². The van der Waals surface area contributed by atoms with Gasteiger partial charge in [-0.05, 0) is 0 Å². The van der Waals surface area contributed by atoms with Gasteiger partial charge in [-0.25, -0.2) is 0 Å². The van der Waals surface area contributed by atoms with Gasteiger partial charge in [0, 0.05) is 14.2 Å². The van der Waals surface area contributed by atoms with Crippen LogP contribution in [0.4, 0.5) is 4.39 Å². The minimum atomic E-state index is 0.500. The minimum Gasteiger partial charge on any atom is -0.388 e. The number of hydrogen-bond donors (Lipinski definition) is 0. The lowest BCUT2D eigenvalue weighted by Crippen LogP contribution is -1.55. The molecule has 0 saturated heterocycles. The Hall–Kier alpha value is -0.110. The van der Waals surface area contributed by atoms with E-state index in [-0.39, 0.29) is 0 Å². The highest BCUT2D eigenvalue weighted by Gasteiger charge is 1.25. The fraction of sp³-hybridized carbons (Fsp3) is 1.00. The average Bonchev–Trinajstić information content (AvgIpc) is 1.46. The van der Waals surface area contributed by atoms with E-state index in [0.717, 1.165) is 0 Å². The quantitative estimate of drug-likeness (QED) is 0.419. The van der Waals surface area contributed by atoms with Crippen LogP contribution in [-0.4, -0.2) is 21.4 Å². The molecule has 0 aromatic carbocycles. The van der Waals surface area contributed by atoms with E-state index in [4.69, 9.17) is 0 Å². The maximum atomic E-state index is 9.50. The summed E-state index contributed by atoms with van der Waals surface area (Å²) in [6, 6.07) is 0. The molecule has 0 spiro atoms. The topological polar surface area (TPSA) is 9.23 Å². The van der Waals surface area contributed by atoms with Crippen LogP contribution >= 0.6 is 0 Å². The Labute approximate surface area is 31.8 Å². The Balaban J connectivity index is 0. The zero-order valence-electron chi connectivity index (χ0n) is 3.79. The van der Waals surface area contributed by atoms with E-state index in [9.17, 15) is 4.39 Å². The molecule has 0 aromatic rings. The third-order valence-electron chi connectivity index (χ3n) is 0. The number of methoxy groups -OCH3 is 1. The fourth-order valence-corrected chi connectivity index (χ4v) is 0. The van der Waals surface area contributed by atoms with Gasteiger partial charge in [-0.3, -0.25) is 4.39 Å². The van der Waals surface area contributed by atoms with Gasteiger partial charge in [0.15, 0.2) is 0 Å². The predicted octanol–water partition coefficient (Wildman–Crippen LogP) is 0.848. The summed E-state index contributed by atoms with van der Waals surface area (Å²) in [6.07, 6.45) is 0. The van der Waals surface area contributed by atoms with Crippen LogP contribution in [0.1, 0.15) is 0 Å². The molecule has 0 amide bonds. The first-order valence-electron chi connectivity index (χ1n) is 1.19. The van der Waals surface area contributed by atoms with Crippen LogP contribution in [-0.2, 0) is 4.74 Å². The van der Waals surface area contributed by atoms with Crippen molar-refractivity contribution >= 4 is 0 Å². The van der Waals surface area contributed by atoms with E-state index in [1.807, 2.05) is 0 Å². The van der Waals surface area contributed by atoms with Gasteiger partial charge in [-0.15, -0.1) is 0 Å².